The maximum absolute atomic E-state index is 12.3. The van der Waals surface area contributed by atoms with Crippen LogP contribution in [0.3, 0.4) is 0 Å². The standard InChI is InChI=1S/C17H20N2O2/c1-2-5-13-10-14(21-19-13)11-18-17(20)16-9-8-12-6-3-4-7-15(12)16/h3-4,6-7,10,16H,2,5,8-9,11H2,1H3,(H,18,20)/t16-/m0/s1. The number of aromatic nitrogens is 1. The number of hydrogen-bond acceptors (Lipinski definition) is 3. The van der Waals surface area contributed by atoms with Crippen LogP contribution in [0.2, 0.25) is 0 Å². The highest BCUT2D eigenvalue weighted by Crippen LogP contribution is 2.32. The first-order valence-electron chi connectivity index (χ1n) is 7.58. The maximum atomic E-state index is 12.3. The van der Waals surface area contributed by atoms with Crippen LogP contribution in [0.15, 0.2) is 34.9 Å². The van der Waals surface area contributed by atoms with Crippen molar-refractivity contribution in [1.82, 2.24) is 10.5 Å². The molecule has 0 radical (unpaired) electrons. The van der Waals surface area contributed by atoms with Crippen LogP contribution in [0, 0.1) is 0 Å². The van der Waals surface area contributed by atoms with Crippen LogP contribution in [0.25, 0.3) is 0 Å². The lowest BCUT2D eigenvalue weighted by molar-refractivity contribution is -0.122. The summed E-state index contributed by atoms with van der Waals surface area (Å²) >= 11 is 0. The van der Waals surface area contributed by atoms with Crippen molar-refractivity contribution in [2.75, 3.05) is 0 Å². The second-order valence-electron chi connectivity index (χ2n) is 5.54. The Labute approximate surface area is 124 Å². The fourth-order valence-corrected chi connectivity index (χ4v) is 2.94. The van der Waals surface area contributed by atoms with Crippen LogP contribution >= 0.6 is 0 Å². The lowest BCUT2D eigenvalue weighted by Crippen LogP contribution is -2.27. The number of rotatable bonds is 5. The Morgan fingerprint density at radius 2 is 2.29 bits per heavy atom. The number of fused-ring (bicyclic) bond motifs is 1. The molecule has 1 aliphatic rings. The van der Waals surface area contributed by atoms with Gasteiger partial charge in [0.1, 0.15) is 0 Å². The van der Waals surface area contributed by atoms with Gasteiger partial charge in [-0.2, -0.15) is 0 Å². The number of hydrogen-bond donors (Lipinski definition) is 1. The summed E-state index contributed by atoms with van der Waals surface area (Å²) in [5.41, 5.74) is 3.41. The molecule has 0 fully saturated rings. The van der Waals surface area contributed by atoms with Gasteiger partial charge in [-0.15, -0.1) is 0 Å². The second-order valence-corrected chi connectivity index (χ2v) is 5.54. The molecule has 1 amide bonds. The lowest BCUT2D eigenvalue weighted by Gasteiger charge is -2.11. The molecule has 4 nitrogen and oxygen atoms in total. The van der Waals surface area contributed by atoms with Gasteiger partial charge in [0.15, 0.2) is 5.76 Å². The number of carbonyl (C=O) groups is 1. The predicted molar refractivity (Wildman–Crippen MR) is 79.8 cm³/mol. The first kappa shape index (κ1) is 13.9. The van der Waals surface area contributed by atoms with Crippen molar-refractivity contribution >= 4 is 5.91 Å². The average molecular weight is 284 g/mol. The van der Waals surface area contributed by atoms with E-state index in [1.807, 2.05) is 18.2 Å². The quantitative estimate of drug-likeness (QED) is 0.918. The van der Waals surface area contributed by atoms with E-state index in [2.05, 4.69) is 29.5 Å². The van der Waals surface area contributed by atoms with Gasteiger partial charge in [0, 0.05) is 6.07 Å². The van der Waals surface area contributed by atoms with E-state index < -0.39 is 0 Å². The Bertz CT molecular complexity index is 633. The minimum atomic E-state index is -0.0285. The third kappa shape index (κ3) is 2.99. The molecule has 21 heavy (non-hydrogen) atoms. The molecular weight excluding hydrogens is 264 g/mol. The zero-order valence-corrected chi connectivity index (χ0v) is 12.3. The van der Waals surface area contributed by atoms with E-state index in [1.165, 1.54) is 11.1 Å². The molecule has 1 aliphatic carbocycles. The maximum Gasteiger partial charge on any atom is 0.227 e. The monoisotopic (exact) mass is 284 g/mol. The second kappa shape index (κ2) is 6.12. The Morgan fingerprint density at radius 3 is 3.14 bits per heavy atom. The summed E-state index contributed by atoms with van der Waals surface area (Å²) < 4.78 is 5.23. The van der Waals surface area contributed by atoms with Crippen LogP contribution in [0.5, 0.6) is 0 Å². The molecule has 0 unspecified atom stereocenters. The van der Waals surface area contributed by atoms with Crippen LogP contribution in [0.1, 0.15) is 48.3 Å². The molecule has 1 atom stereocenters. The van der Waals surface area contributed by atoms with Gasteiger partial charge in [0.05, 0.1) is 18.2 Å². The highest BCUT2D eigenvalue weighted by atomic mass is 16.5. The number of amides is 1. The van der Waals surface area contributed by atoms with Gasteiger partial charge >= 0.3 is 0 Å². The zero-order valence-electron chi connectivity index (χ0n) is 12.3. The van der Waals surface area contributed by atoms with Crippen molar-refractivity contribution in [3.8, 4) is 0 Å². The van der Waals surface area contributed by atoms with E-state index in [0.717, 1.165) is 37.1 Å². The number of carbonyl (C=O) groups excluding carboxylic acids is 1. The molecule has 0 saturated carbocycles. The van der Waals surface area contributed by atoms with Crippen molar-refractivity contribution in [2.24, 2.45) is 0 Å². The van der Waals surface area contributed by atoms with E-state index in [1.54, 1.807) is 0 Å². The SMILES string of the molecule is CCCc1cc(CNC(=O)[C@H]2CCc3ccccc32)on1. The largest absolute Gasteiger partial charge is 0.359 e. The Morgan fingerprint density at radius 1 is 1.43 bits per heavy atom. The van der Waals surface area contributed by atoms with Gasteiger partial charge in [0.25, 0.3) is 0 Å². The Balaban J connectivity index is 1.60. The zero-order chi connectivity index (χ0) is 14.7. The van der Waals surface area contributed by atoms with Crippen molar-refractivity contribution in [3.63, 3.8) is 0 Å². The number of nitrogens with zero attached hydrogens (tertiary/aromatic N) is 1. The van der Waals surface area contributed by atoms with Gasteiger partial charge in [-0.3, -0.25) is 4.79 Å². The van der Waals surface area contributed by atoms with Gasteiger partial charge in [-0.05, 0) is 30.4 Å². The molecule has 4 heteroatoms. The van der Waals surface area contributed by atoms with E-state index >= 15 is 0 Å². The molecule has 1 N–H and O–H groups in total. The van der Waals surface area contributed by atoms with E-state index in [0.29, 0.717) is 6.54 Å². The minimum Gasteiger partial charge on any atom is -0.359 e. The van der Waals surface area contributed by atoms with Crippen molar-refractivity contribution in [2.45, 2.75) is 45.1 Å². The highest BCUT2D eigenvalue weighted by Gasteiger charge is 2.28. The van der Waals surface area contributed by atoms with Crippen LogP contribution in [-0.2, 0) is 24.2 Å². The van der Waals surface area contributed by atoms with Gasteiger partial charge < -0.3 is 9.84 Å². The topological polar surface area (TPSA) is 55.1 Å². The molecule has 1 aromatic heterocycles. The minimum absolute atomic E-state index is 0.0285. The summed E-state index contributed by atoms with van der Waals surface area (Å²) in [7, 11) is 0. The molecular formula is C17H20N2O2. The van der Waals surface area contributed by atoms with Crippen LogP contribution < -0.4 is 5.32 Å². The molecule has 2 aromatic rings. The van der Waals surface area contributed by atoms with E-state index in [-0.39, 0.29) is 11.8 Å². The van der Waals surface area contributed by atoms with Gasteiger partial charge in [-0.25, -0.2) is 0 Å². The number of benzene rings is 1. The summed E-state index contributed by atoms with van der Waals surface area (Å²) in [5, 5.41) is 6.96. The predicted octanol–water partition coefficient (Wildman–Crippen LogP) is 2.97. The third-order valence-electron chi connectivity index (χ3n) is 4.00. The normalized spacial score (nSPS) is 16.7. The highest BCUT2D eigenvalue weighted by molar-refractivity contribution is 5.84. The summed E-state index contributed by atoms with van der Waals surface area (Å²) in [6.07, 6.45) is 3.82. The summed E-state index contributed by atoms with van der Waals surface area (Å²) in [6, 6.07) is 10.1. The number of nitrogens with one attached hydrogen (secondary N) is 1. The van der Waals surface area contributed by atoms with E-state index in [4.69, 9.17) is 4.52 Å². The van der Waals surface area contributed by atoms with Crippen molar-refractivity contribution in [3.05, 3.63) is 52.9 Å². The summed E-state index contributed by atoms with van der Waals surface area (Å²) in [6.45, 7) is 2.52. The first-order chi connectivity index (χ1) is 10.3. The molecule has 0 spiro atoms. The Hall–Kier alpha value is -2.10. The van der Waals surface area contributed by atoms with Gasteiger partial charge in [0.2, 0.25) is 5.91 Å². The van der Waals surface area contributed by atoms with E-state index in [9.17, 15) is 4.79 Å². The molecule has 110 valence electrons. The van der Waals surface area contributed by atoms with Gasteiger partial charge in [-0.1, -0.05) is 42.8 Å². The van der Waals surface area contributed by atoms with Crippen LogP contribution in [0.4, 0.5) is 0 Å². The summed E-state index contributed by atoms with van der Waals surface area (Å²) in [4.78, 5) is 12.3. The summed E-state index contributed by atoms with van der Waals surface area (Å²) in [5.74, 6) is 0.769. The first-order valence-corrected chi connectivity index (χ1v) is 7.58. The fraction of sp³-hybridized carbons (Fsp3) is 0.412. The molecule has 0 saturated heterocycles. The van der Waals surface area contributed by atoms with Crippen molar-refractivity contribution < 1.29 is 9.32 Å². The molecule has 3 rings (SSSR count). The fourth-order valence-electron chi connectivity index (χ4n) is 2.94. The smallest absolute Gasteiger partial charge is 0.227 e. The number of aryl methyl sites for hydroxylation is 2. The molecule has 0 aliphatic heterocycles. The van der Waals surface area contributed by atoms with Crippen LogP contribution in [-0.4, -0.2) is 11.1 Å². The lowest BCUT2D eigenvalue weighted by atomic mass is 10.0. The molecule has 1 heterocycles. The average Bonchev–Trinajstić information content (AvgIpc) is 3.12. The molecule has 1 aromatic carbocycles. The third-order valence-corrected chi connectivity index (χ3v) is 4.00. The molecule has 0 bridgehead atoms. The Kier molecular flexibility index (Phi) is 4.04. The van der Waals surface area contributed by atoms with Crippen molar-refractivity contribution in [1.29, 1.82) is 0 Å².